The Labute approximate surface area is 116 Å². The fourth-order valence-electron chi connectivity index (χ4n) is 1.49. The Morgan fingerprint density at radius 3 is 2.60 bits per heavy atom. The Morgan fingerprint density at radius 2 is 2.05 bits per heavy atom. The summed E-state index contributed by atoms with van der Waals surface area (Å²) in [5.41, 5.74) is 0.295. The number of hydrogen-bond donors (Lipinski definition) is 2. The van der Waals surface area contributed by atoms with E-state index in [0.29, 0.717) is 5.56 Å². The molecule has 0 spiro atoms. The van der Waals surface area contributed by atoms with Gasteiger partial charge in [-0.05, 0) is 31.2 Å². The highest BCUT2D eigenvalue weighted by Crippen LogP contribution is 2.14. The van der Waals surface area contributed by atoms with Crippen LogP contribution in [0.15, 0.2) is 41.6 Å². The first kappa shape index (κ1) is 14.1. The van der Waals surface area contributed by atoms with Crippen molar-refractivity contribution in [3.05, 3.63) is 42.2 Å². The van der Waals surface area contributed by atoms with Crippen LogP contribution < -0.4 is 4.72 Å². The summed E-state index contributed by atoms with van der Waals surface area (Å²) in [4.78, 5) is 17.9. The van der Waals surface area contributed by atoms with Crippen LogP contribution in [0.4, 0.5) is 5.95 Å². The van der Waals surface area contributed by atoms with Gasteiger partial charge >= 0.3 is 5.97 Å². The molecule has 2 N–H and O–H groups in total. The molecule has 1 heterocycles. The third kappa shape index (κ3) is 3.15. The van der Waals surface area contributed by atoms with E-state index in [9.17, 15) is 13.2 Å². The van der Waals surface area contributed by atoms with Crippen molar-refractivity contribution in [3.63, 3.8) is 0 Å². The van der Waals surface area contributed by atoms with Crippen LogP contribution in [-0.2, 0) is 14.8 Å². The molecule has 1 aromatic heterocycles. The predicted molar refractivity (Wildman–Crippen MR) is 71.8 cm³/mol. The quantitative estimate of drug-likeness (QED) is 0.812. The van der Waals surface area contributed by atoms with Gasteiger partial charge in [-0.1, -0.05) is 0 Å². The van der Waals surface area contributed by atoms with Crippen LogP contribution in [0.1, 0.15) is 17.3 Å². The number of sulfonamides is 1. The van der Waals surface area contributed by atoms with Crippen LogP contribution in [0, 0.1) is 0 Å². The zero-order chi connectivity index (χ0) is 14.6. The van der Waals surface area contributed by atoms with E-state index in [1.54, 1.807) is 6.92 Å². The number of aromatic amines is 1. The van der Waals surface area contributed by atoms with E-state index in [0.717, 1.165) is 0 Å². The topological polar surface area (TPSA) is 101 Å². The highest BCUT2D eigenvalue weighted by molar-refractivity contribution is 7.92. The van der Waals surface area contributed by atoms with Crippen molar-refractivity contribution in [2.24, 2.45) is 0 Å². The second kappa shape index (κ2) is 5.74. The second-order valence-corrected chi connectivity index (χ2v) is 5.47. The molecule has 0 atom stereocenters. The Bertz CT molecular complexity index is 678. The second-order valence-electron chi connectivity index (χ2n) is 3.79. The van der Waals surface area contributed by atoms with Gasteiger partial charge in [0.2, 0.25) is 5.95 Å². The number of rotatable bonds is 5. The number of aromatic nitrogens is 2. The van der Waals surface area contributed by atoms with Crippen molar-refractivity contribution in [1.82, 2.24) is 9.97 Å². The number of nitrogens with one attached hydrogen (secondary N) is 2. The molecule has 0 fully saturated rings. The van der Waals surface area contributed by atoms with Crippen molar-refractivity contribution in [2.75, 3.05) is 11.3 Å². The van der Waals surface area contributed by atoms with Crippen LogP contribution in [0.2, 0.25) is 0 Å². The molecule has 0 bridgehead atoms. The largest absolute Gasteiger partial charge is 0.462 e. The molecule has 2 rings (SSSR count). The smallest absolute Gasteiger partial charge is 0.338 e. The lowest BCUT2D eigenvalue weighted by molar-refractivity contribution is 0.0526. The molecule has 2 aromatic rings. The molecule has 0 amide bonds. The molecular formula is C12H13N3O4S. The van der Waals surface area contributed by atoms with Crippen molar-refractivity contribution >= 4 is 21.9 Å². The van der Waals surface area contributed by atoms with Gasteiger partial charge in [0.05, 0.1) is 17.1 Å². The normalized spacial score (nSPS) is 11.1. The number of benzene rings is 1. The van der Waals surface area contributed by atoms with Gasteiger partial charge in [-0.15, -0.1) is 0 Å². The molecule has 0 saturated carbocycles. The number of hydrogen-bond acceptors (Lipinski definition) is 5. The minimum atomic E-state index is -3.73. The summed E-state index contributed by atoms with van der Waals surface area (Å²) in [5, 5.41) is 0. The van der Waals surface area contributed by atoms with Crippen molar-refractivity contribution < 1.29 is 17.9 Å². The molecule has 0 aliphatic carbocycles. The van der Waals surface area contributed by atoms with E-state index in [1.807, 2.05) is 0 Å². The fourth-order valence-corrected chi connectivity index (χ4v) is 2.47. The van der Waals surface area contributed by atoms with Gasteiger partial charge in [-0.25, -0.2) is 22.9 Å². The number of nitrogens with zero attached hydrogens (tertiary/aromatic N) is 1. The van der Waals surface area contributed by atoms with Crippen LogP contribution in [-0.4, -0.2) is 31.0 Å². The van der Waals surface area contributed by atoms with E-state index in [-0.39, 0.29) is 17.5 Å². The van der Waals surface area contributed by atoms with E-state index in [2.05, 4.69) is 14.7 Å². The molecule has 0 aliphatic heterocycles. The molecule has 1 aromatic carbocycles. The average molecular weight is 295 g/mol. The molecule has 0 radical (unpaired) electrons. The van der Waals surface area contributed by atoms with E-state index >= 15 is 0 Å². The third-order valence-electron chi connectivity index (χ3n) is 2.41. The van der Waals surface area contributed by atoms with E-state index in [4.69, 9.17) is 4.74 Å². The minimum absolute atomic E-state index is 0.0296. The van der Waals surface area contributed by atoms with Gasteiger partial charge < -0.3 is 9.72 Å². The predicted octanol–water partition coefficient (Wildman–Crippen LogP) is 1.39. The minimum Gasteiger partial charge on any atom is -0.462 e. The Balaban J connectivity index is 2.19. The monoisotopic (exact) mass is 295 g/mol. The lowest BCUT2D eigenvalue weighted by atomic mass is 10.2. The number of H-pyrrole nitrogens is 1. The van der Waals surface area contributed by atoms with E-state index in [1.165, 1.54) is 36.7 Å². The lowest BCUT2D eigenvalue weighted by Crippen LogP contribution is -2.14. The van der Waals surface area contributed by atoms with Crippen LogP contribution in [0.3, 0.4) is 0 Å². The first-order valence-corrected chi connectivity index (χ1v) is 7.30. The summed E-state index contributed by atoms with van der Waals surface area (Å²) < 4.78 is 31.1. The fraction of sp³-hybridized carbons (Fsp3) is 0.167. The molecule has 20 heavy (non-hydrogen) atoms. The molecular weight excluding hydrogens is 282 g/mol. The number of ether oxygens (including phenoxy) is 1. The maximum Gasteiger partial charge on any atom is 0.338 e. The summed E-state index contributed by atoms with van der Waals surface area (Å²) in [6.07, 6.45) is 2.93. The Kier molecular flexibility index (Phi) is 4.04. The van der Waals surface area contributed by atoms with Crippen LogP contribution in [0.5, 0.6) is 0 Å². The van der Waals surface area contributed by atoms with Crippen LogP contribution >= 0.6 is 0 Å². The molecule has 106 valence electrons. The van der Waals surface area contributed by atoms with Gasteiger partial charge in [0, 0.05) is 12.4 Å². The Morgan fingerprint density at radius 1 is 1.35 bits per heavy atom. The highest BCUT2D eigenvalue weighted by Gasteiger charge is 2.16. The zero-order valence-corrected chi connectivity index (χ0v) is 11.5. The standard InChI is InChI=1S/C12H13N3O4S/c1-2-19-11(16)9-3-5-10(6-4-9)20(17,18)15-12-13-7-8-14-12/h3-8H,2H2,1H3,(H2,13,14,15). The van der Waals surface area contributed by atoms with Gasteiger partial charge in [-0.3, -0.25) is 0 Å². The van der Waals surface area contributed by atoms with Crippen LogP contribution in [0.25, 0.3) is 0 Å². The van der Waals surface area contributed by atoms with Gasteiger partial charge in [-0.2, -0.15) is 0 Å². The summed E-state index contributed by atoms with van der Waals surface area (Å²) >= 11 is 0. The zero-order valence-electron chi connectivity index (χ0n) is 10.7. The first-order chi connectivity index (χ1) is 9.53. The molecule has 0 aliphatic rings. The van der Waals surface area contributed by atoms with Gasteiger partial charge in [0.1, 0.15) is 0 Å². The lowest BCUT2D eigenvalue weighted by Gasteiger charge is -2.06. The first-order valence-electron chi connectivity index (χ1n) is 5.82. The summed E-state index contributed by atoms with van der Waals surface area (Å²) in [6.45, 7) is 1.96. The SMILES string of the molecule is CCOC(=O)c1ccc(S(=O)(=O)Nc2ncc[nH]2)cc1. The Hall–Kier alpha value is -2.35. The van der Waals surface area contributed by atoms with Gasteiger partial charge in [0.15, 0.2) is 0 Å². The van der Waals surface area contributed by atoms with E-state index < -0.39 is 16.0 Å². The molecule has 7 nitrogen and oxygen atoms in total. The summed E-state index contributed by atoms with van der Waals surface area (Å²) in [7, 11) is -3.73. The average Bonchev–Trinajstić information content (AvgIpc) is 2.91. The molecule has 0 saturated heterocycles. The number of carbonyl (C=O) groups is 1. The number of esters is 1. The maximum atomic E-state index is 12.0. The highest BCUT2D eigenvalue weighted by atomic mass is 32.2. The van der Waals surface area contributed by atoms with Crippen molar-refractivity contribution in [3.8, 4) is 0 Å². The number of imidazole rings is 1. The molecule has 0 unspecified atom stereocenters. The number of anilines is 1. The molecule has 8 heteroatoms. The van der Waals surface area contributed by atoms with Crippen molar-refractivity contribution in [2.45, 2.75) is 11.8 Å². The maximum absolute atomic E-state index is 12.0. The van der Waals surface area contributed by atoms with Gasteiger partial charge in [0.25, 0.3) is 10.0 Å². The number of carbonyl (C=O) groups excluding carboxylic acids is 1. The van der Waals surface area contributed by atoms with Crippen molar-refractivity contribution in [1.29, 1.82) is 0 Å². The third-order valence-corrected chi connectivity index (χ3v) is 3.76. The summed E-state index contributed by atoms with van der Waals surface area (Å²) in [5.74, 6) is -0.366. The summed E-state index contributed by atoms with van der Waals surface area (Å²) in [6, 6.07) is 5.46.